The predicted molar refractivity (Wildman–Crippen MR) is 87.8 cm³/mol. The lowest BCUT2D eigenvalue weighted by Crippen LogP contribution is -2.17. The Morgan fingerprint density at radius 2 is 1.38 bits per heavy atom. The maximum atomic E-state index is 9.71. The van der Waals surface area contributed by atoms with E-state index in [1.54, 1.807) is 0 Å². The maximum absolute atomic E-state index is 9.71. The van der Waals surface area contributed by atoms with Gasteiger partial charge in [0.1, 0.15) is 0 Å². The van der Waals surface area contributed by atoms with Gasteiger partial charge < -0.3 is 10.2 Å². The number of rotatable bonds is 15. The molecule has 0 amide bonds. The number of hydrogen-bond donors (Lipinski definition) is 2. The van der Waals surface area contributed by atoms with Gasteiger partial charge >= 0.3 is 0 Å². The summed E-state index contributed by atoms with van der Waals surface area (Å²) in [7, 11) is 0. The van der Waals surface area contributed by atoms with Gasteiger partial charge in [-0.25, -0.2) is 0 Å². The van der Waals surface area contributed by atoms with E-state index in [9.17, 15) is 10.2 Å². The molecule has 0 aliphatic heterocycles. The zero-order chi connectivity index (χ0) is 15.8. The highest BCUT2D eigenvalue weighted by molar-refractivity contribution is 4.76. The van der Waals surface area contributed by atoms with Crippen molar-refractivity contribution in [3.8, 4) is 6.07 Å². The van der Waals surface area contributed by atoms with Crippen LogP contribution in [0.2, 0.25) is 0 Å². The molecule has 122 valence electrons. The van der Waals surface area contributed by atoms with E-state index in [0.29, 0.717) is 6.42 Å². The Bertz CT molecular complexity index is 273. The Balaban J connectivity index is 3.21. The molecule has 0 aromatic carbocycles. The second-order valence-corrected chi connectivity index (χ2v) is 5.95. The van der Waals surface area contributed by atoms with Crippen LogP contribution in [0.15, 0.2) is 12.7 Å². The molecule has 0 radical (unpaired) electrons. The van der Waals surface area contributed by atoms with Gasteiger partial charge in [0.05, 0.1) is 24.7 Å². The van der Waals surface area contributed by atoms with E-state index in [2.05, 4.69) is 6.58 Å². The molecule has 3 heteroatoms. The van der Waals surface area contributed by atoms with Gasteiger partial charge in [-0.2, -0.15) is 5.26 Å². The molecular weight excluding hydrogens is 262 g/mol. The van der Waals surface area contributed by atoms with Gasteiger partial charge in [-0.3, -0.25) is 0 Å². The first-order valence-corrected chi connectivity index (χ1v) is 8.54. The molecule has 3 nitrogen and oxygen atoms in total. The average molecular weight is 295 g/mol. The van der Waals surface area contributed by atoms with Crippen LogP contribution in [0.1, 0.15) is 83.5 Å². The first-order chi connectivity index (χ1) is 10.2. The van der Waals surface area contributed by atoms with E-state index in [4.69, 9.17) is 5.26 Å². The lowest BCUT2D eigenvalue weighted by Gasteiger charge is -2.13. The molecule has 0 aromatic rings. The number of nitrogens with zero attached hydrogens (tertiary/aromatic N) is 1. The maximum Gasteiger partial charge on any atom is 0.0694 e. The fourth-order valence-corrected chi connectivity index (χ4v) is 2.53. The molecule has 0 fully saturated rings. The lowest BCUT2D eigenvalue weighted by atomic mass is 10.0. The van der Waals surface area contributed by atoms with Crippen LogP contribution in [-0.2, 0) is 0 Å². The van der Waals surface area contributed by atoms with E-state index >= 15 is 0 Å². The van der Waals surface area contributed by atoms with Gasteiger partial charge in [-0.1, -0.05) is 57.4 Å². The number of nitriles is 1. The molecule has 0 saturated heterocycles. The van der Waals surface area contributed by atoms with Crippen LogP contribution in [-0.4, -0.2) is 22.4 Å². The predicted octanol–water partition coefficient (Wildman–Crippen LogP) is 4.49. The highest BCUT2D eigenvalue weighted by Gasteiger charge is 2.10. The number of unbranched alkanes of at least 4 members (excludes halogenated alkanes) is 9. The number of aliphatic hydroxyl groups excluding tert-OH is 2. The van der Waals surface area contributed by atoms with Crippen molar-refractivity contribution < 1.29 is 10.2 Å². The molecule has 2 atom stereocenters. The van der Waals surface area contributed by atoms with E-state index in [0.717, 1.165) is 25.7 Å². The van der Waals surface area contributed by atoms with Crippen molar-refractivity contribution >= 4 is 0 Å². The Hall–Kier alpha value is -0.850. The van der Waals surface area contributed by atoms with Crippen molar-refractivity contribution in [2.24, 2.45) is 0 Å². The van der Waals surface area contributed by atoms with Crippen LogP contribution in [0, 0.1) is 11.3 Å². The van der Waals surface area contributed by atoms with Crippen LogP contribution in [0.25, 0.3) is 0 Å². The summed E-state index contributed by atoms with van der Waals surface area (Å²) in [6.07, 6.45) is 14.5. The van der Waals surface area contributed by atoms with Crippen molar-refractivity contribution in [3.05, 3.63) is 12.7 Å². The average Bonchev–Trinajstić information content (AvgIpc) is 2.45. The van der Waals surface area contributed by atoms with Gasteiger partial charge in [-0.05, 0) is 19.3 Å². The number of allylic oxidation sites excluding steroid dienone is 1. The third-order valence-corrected chi connectivity index (χ3v) is 3.82. The molecule has 0 heterocycles. The van der Waals surface area contributed by atoms with E-state index < -0.39 is 12.2 Å². The number of hydrogen-bond acceptors (Lipinski definition) is 3. The molecule has 0 rings (SSSR count). The standard InChI is InChI=1S/C18H33NO2/c1-2-3-4-5-6-7-8-9-10-11-12-13-17(20)16-18(21)14-15-19/h2,17-18,20-21H,1,3-14,16H2/t17-,18+/m0/s1. The Kier molecular flexibility index (Phi) is 14.9. The van der Waals surface area contributed by atoms with Crippen LogP contribution in [0.5, 0.6) is 0 Å². The summed E-state index contributed by atoms with van der Waals surface area (Å²) in [6.45, 7) is 3.73. The monoisotopic (exact) mass is 295 g/mol. The zero-order valence-electron chi connectivity index (χ0n) is 13.5. The third-order valence-electron chi connectivity index (χ3n) is 3.82. The Labute approximate surface area is 130 Å². The highest BCUT2D eigenvalue weighted by Crippen LogP contribution is 2.14. The van der Waals surface area contributed by atoms with E-state index in [-0.39, 0.29) is 6.42 Å². The third kappa shape index (κ3) is 15.4. The molecule has 21 heavy (non-hydrogen) atoms. The fraction of sp³-hybridized carbons (Fsp3) is 0.833. The Morgan fingerprint density at radius 1 is 0.857 bits per heavy atom. The van der Waals surface area contributed by atoms with Crippen molar-refractivity contribution in [1.29, 1.82) is 5.26 Å². The second-order valence-electron chi connectivity index (χ2n) is 5.95. The van der Waals surface area contributed by atoms with Crippen molar-refractivity contribution in [2.75, 3.05) is 0 Å². The summed E-state index contributed by atoms with van der Waals surface area (Å²) in [5.41, 5.74) is 0. The molecule has 0 aromatic heterocycles. The van der Waals surface area contributed by atoms with Gasteiger partial charge in [0.15, 0.2) is 0 Å². The van der Waals surface area contributed by atoms with Gasteiger partial charge in [0, 0.05) is 6.42 Å². The molecule has 0 aliphatic carbocycles. The summed E-state index contributed by atoms with van der Waals surface area (Å²) < 4.78 is 0. The van der Waals surface area contributed by atoms with Crippen LogP contribution < -0.4 is 0 Å². The minimum atomic E-state index is -0.675. The minimum Gasteiger partial charge on any atom is -0.393 e. The largest absolute Gasteiger partial charge is 0.393 e. The van der Waals surface area contributed by atoms with Gasteiger partial charge in [0.25, 0.3) is 0 Å². The molecule has 0 spiro atoms. The fourth-order valence-electron chi connectivity index (χ4n) is 2.53. The SMILES string of the molecule is C=CCCCCCCCCCCC[C@H](O)C[C@H](O)CC#N. The van der Waals surface area contributed by atoms with Crippen molar-refractivity contribution in [1.82, 2.24) is 0 Å². The topological polar surface area (TPSA) is 64.2 Å². The quantitative estimate of drug-likeness (QED) is 0.345. The second kappa shape index (κ2) is 15.5. The van der Waals surface area contributed by atoms with Crippen molar-refractivity contribution in [2.45, 2.75) is 95.7 Å². The summed E-state index contributed by atoms with van der Waals surface area (Å²) in [4.78, 5) is 0. The van der Waals surface area contributed by atoms with Crippen molar-refractivity contribution in [3.63, 3.8) is 0 Å². The molecule has 0 saturated carbocycles. The van der Waals surface area contributed by atoms with Crippen LogP contribution >= 0.6 is 0 Å². The van der Waals surface area contributed by atoms with Gasteiger partial charge in [-0.15, -0.1) is 6.58 Å². The molecule has 0 aliphatic rings. The van der Waals surface area contributed by atoms with E-state index in [1.165, 1.54) is 44.9 Å². The smallest absolute Gasteiger partial charge is 0.0694 e. The lowest BCUT2D eigenvalue weighted by molar-refractivity contribution is 0.0765. The molecule has 0 unspecified atom stereocenters. The molecule has 0 bridgehead atoms. The highest BCUT2D eigenvalue weighted by atomic mass is 16.3. The van der Waals surface area contributed by atoms with Crippen LogP contribution in [0.4, 0.5) is 0 Å². The normalized spacial score (nSPS) is 13.6. The first kappa shape index (κ1) is 20.1. The summed E-state index contributed by atoms with van der Waals surface area (Å²) in [5.74, 6) is 0. The van der Waals surface area contributed by atoms with Crippen LogP contribution in [0.3, 0.4) is 0 Å². The number of aliphatic hydroxyl groups is 2. The summed E-state index contributed by atoms with van der Waals surface area (Å²) in [6, 6.07) is 1.92. The molecule has 2 N–H and O–H groups in total. The van der Waals surface area contributed by atoms with E-state index in [1.807, 2.05) is 12.1 Å². The zero-order valence-corrected chi connectivity index (χ0v) is 13.5. The van der Waals surface area contributed by atoms with Gasteiger partial charge in [0.2, 0.25) is 0 Å². The molecular formula is C18H33NO2. The summed E-state index contributed by atoms with van der Waals surface area (Å²) >= 11 is 0. The Morgan fingerprint density at radius 3 is 1.90 bits per heavy atom. The first-order valence-electron chi connectivity index (χ1n) is 8.54. The summed E-state index contributed by atoms with van der Waals surface area (Å²) in [5, 5.41) is 27.6. The minimum absolute atomic E-state index is 0.115.